The average Bonchev–Trinajstić information content (AvgIpc) is 2.87. The first kappa shape index (κ1) is 30.6. The lowest BCUT2D eigenvalue weighted by atomic mass is 9.87. The number of carbonyl (C=O) groups is 1. The van der Waals surface area contributed by atoms with Crippen LogP contribution < -0.4 is 0 Å². The largest absolute Gasteiger partial charge is 0.462 e. The van der Waals surface area contributed by atoms with E-state index >= 15 is 0 Å². The van der Waals surface area contributed by atoms with Gasteiger partial charge in [-0.15, -0.1) is 0 Å². The number of hydrogen-bond donors (Lipinski definition) is 0. The normalized spacial score (nSPS) is 25.9. The number of ether oxygens (including phenoxy) is 3. The molecule has 0 aliphatic heterocycles. The molecule has 206 valence electrons. The summed E-state index contributed by atoms with van der Waals surface area (Å²) in [7, 11) is 0. The van der Waals surface area contributed by atoms with E-state index in [1.807, 2.05) is 0 Å². The highest BCUT2D eigenvalue weighted by Gasteiger charge is 2.31. The molecular weight excluding hydrogens is 436 g/mol. The highest BCUT2D eigenvalue weighted by molar-refractivity contribution is 5.72. The van der Waals surface area contributed by atoms with Crippen molar-refractivity contribution in [1.29, 1.82) is 0 Å². The first-order chi connectivity index (χ1) is 17.1. The number of hydrogen-bond acceptors (Lipinski definition) is 4. The summed E-state index contributed by atoms with van der Waals surface area (Å²) in [5.74, 6) is 0.116. The molecule has 0 spiro atoms. The van der Waals surface area contributed by atoms with Crippen molar-refractivity contribution in [3.8, 4) is 0 Å². The van der Waals surface area contributed by atoms with E-state index < -0.39 is 0 Å². The van der Waals surface area contributed by atoms with Crippen LogP contribution in [0.3, 0.4) is 0 Å². The van der Waals surface area contributed by atoms with Gasteiger partial charge in [0.15, 0.2) is 0 Å². The van der Waals surface area contributed by atoms with Crippen LogP contribution in [0.25, 0.3) is 0 Å². The zero-order chi connectivity index (χ0) is 25.1. The van der Waals surface area contributed by atoms with Gasteiger partial charge in [0.2, 0.25) is 0 Å². The highest BCUT2D eigenvalue weighted by atomic mass is 16.5. The molecule has 0 saturated heterocycles. The molecule has 2 fully saturated rings. The molecule has 1 atom stereocenters. The van der Waals surface area contributed by atoms with E-state index in [1.54, 1.807) is 0 Å². The van der Waals surface area contributed by atoms with Crippen molar-refractivity contribution in [2.75, 3.05) is 6.61 Å². The Hall–Kier alpha value is -0.610. The molecule has 0 aromatic heterocycles. The van der Waals surface area contributed by atoms with E-state index in [0.717, 1.165) is 64.4 Å². The summed E-state index contributed by atoms with van der Waals surface area (Å²) in [5, 5.41) is 0. The van der Waals surface area contributed by atoms with Gasteiger partial charge in [0.05, 0.1) is 24.2 Å². The van der Waals surface area contributed by atoms with Gasteiger partial charge in [0.25, 0.3) is 0 Å². The predicted octanol–water partition coefficient (Wildman–Crippen LogP) is 8.93. The minimum Gasteiger partial charge on any atom is -0.462 e. The van der Waals surface area contributed by atoms with Crippen LogP contribution in [0, 0.1) is 5.92 Å². The highest BCUT2D eigenvalue weighted by Crippen LogP contribution is 2.31. The zero-order valence-electron chi connectivity index (χ0n) is 23.6. The molecule has 0 aromatic carbocycles. The third-order valence-corrected chi connectivity index (χ3v) is 8.15. The Balaban J connectivity index is 1.47. The number of carbonyl (C=O) groups excluding carboxylic acids is 1. The predicted molar refractivity (Wildman–Crippen MR) is 146 cm³/mol. The summed E-state index contributed by atoms with van der Waals surface area (Å²) < 4.78 is 18.3. The second kappa shape index (κ2) is 19.5. The van der Waals surface area contributed by atoms with Crippen LogP contribution in [-0.4, -0.2) is 37.0 Å². The Kier molecular flexibility index (Phi) is 17.1. The van der Waals surface area contributed by atoms with Crippen molar-refractivity contribution >= 4 is 5.97 Å². The summed E-state index contributed by atoms with van der Waals surface area (Å²) in [5.41, 5.74) is 0. The van der Waals surface area contributed by atoms with E-state index in [2.05, 4.69) is 20.8 Å². The van der Waals surface area contributed by atoms with Crippen molar-refractivity contribution in [1.82, 2.24) is 0 Å². The first-order valence-corrected chi connectivity index (χ1v) is 15.6. The minimum atomic E-state index is 0.0411. The molecule has 0 N–H and O–H groups in total. The van der Waals surface area contributed by atoms with Gasteiger partial charge in [-0.25, -0.2) is 0 Å². The quantitative estimate of drug-likeness (QED) is 0.133. The van der Waals surface area contributed by atoms with E-state index in [0.29, 0.717) is 18.3 Å². The lowest BCUT2D eigenvalue weighted by Crippen LogP contribution is -2.33. The molecule has 0 aromatic rings. The van der Waals surface area contributed by atoms with E-state index in [9.17, 15) is 4.79 Å². The first-order valence-electron chi connectivity index (χ1n) is 15.6. The number of esters is 1. The van der Waals surface area contributed by atoms with Crippen molar-refractivity contribution in [2.45, 2.75) is 180 Å². The lowest BCUT2D eigenvalue weighted by molar-refractivity contribution is -0.159. The molecule has 0 heterocycles. The van der Waals surface area contributed by atoms with Crippen molar-refractivity contribution in [3.05, 3.63) is 0 Å². The molecule has 2 aliphatic rings. The van der Waals surface area contributed by atoms with Gasteiger partial charge in [0.1, 0.15) is 6.10 Å². The van der Waals surface area contributed by atoms with Crippen LogP contribution in [0.1, 0.15) is 156 Å². The average molecular weight is 495 g/mol. The van der Waals surface area contributed by atoms with Crippen LogP contribution in [-0.2, 0) is 19.0 Å². The Bertz CT molecular complexity index is 506. The van der Waals surface area contributed by atoms with Gasteiger partial charge in [-0.1, -0.05) is 84.5 Å². The third kappa shape index (κ3) is 14.1. The summed E-state index contributed by atoms with van der Waals surface area (Å²) in [6, 6.07) is 0. The van der Waals surface area contributed by atoms with Gasteiger partial charge in [-0.3, -0.25) is 4.79 Å². The maximum atomic E-state index is 12.7. The third-order valence-electron chi connectivity index (χ3n) is 8.15. The summed E-state index contributed by atoms with van der Waals surface area (Å²) in [4.78, 5) is 12.7. The zero-order valence-corrected chi connectivity index (χ0v) is 23.6. The van der Waals surface area contributed by atoms with Gasteiger partial charge in [-0.2, -0.15) is 0 Å². The van der Waals surface area contributed by atoms with E-state index in [1.165, 1.54) is 77.0 Å². The van der Waals surface area contributed by atoms with Gasteiger partial charge in [-0.05, 0) is 71.1 Å². The fourth-order valence-electron chi connectivity index (χ4n) is 5.75. The molecule has 2 aliphatic carbocycles. The fourth-order valence-corrected chi connectivity index (χ4v) is 5.75. The summed E-state index contributed by atoms with van der Waals surface area (Å²) in [6.45, 7) is 7.63. The van der Waals surface area contributed by atoms with Crippen LogP contribution in [0.4, 0.5) is 0 Å². The Morgan fingerprint density at radius 3 is 1.80 bits per heavy atom. The SMILES string of the molecule is CCCCCCCCCCOC1CCC(OC(=O)C2CCC(OC(C)CCCCCC)CC2)CC1. The lowest BCUT2D eigenvalue weighted by Gasteiger charge is -2.32. The minimum absolute atomic E-state index is 0.0411. The molecule has 0 bridgehead atoms. The second-order valence-corrected chi connectivity index (χ2v) is 11.5. The molecule has 4 nitrogen and oxygen atoms in total. The topological polar surface area (TPSA) is 44.8 Å². The van der Waals surface area contributed by atoms with E-state index in [-0.39, 0.29) is 18.0 Å². The van der Waals surface area contributed by atoms with Gasteiger partial charge in [0, 0.05) is 6.61 Å². The Labute approximate surface area is 217 Å². The molecule has 35 heavy (non-hydrogen) atoms. The van der Waals surface area contributed by atoms with Crippen molar-refractivity contribution in [2.24, 2.45) is 5.92 Å². The fraction of sp³-hybridized carbons (Fsp3) is 0.968. The molecule has 4 heteroatoms. The number of unbranched alkanes of at least 4 members (excludes halogenated alkanes) is 10. The monoisotopic (exact) mass is 494 g/mol. The summed E-state index contributed by atoms with van der Waals surface area (Å²) >= 11 is 0. The standard InChI is InChI=1S/C31H58O4/c1-4-6-8-10-11-12-13-15-25-33-28-21-23-30(24-22-28)35-31(32)27-17-19-29(20-18-27)34-26(3)16-14-9-7-5-2/h26-30H,4-25H2,1-3H3. The molecule has 1 unspecified atom stereocenters. The summed E-state index contributed by atoms with van der Waals surface area (Å²) in [6.07, 6.45) is 26.0. The second-order valence-electron chi connectivity index (χ2n) is 11.5. The molecule has 2 saturated carbocycles. The molecule has 0 radical (unpaired) electrons. The van der Waals surface area contributed by atoms with Crippen molar-refractivity contribution < 1.29 is 19.0 Å². The van der Waals surface area contributed by atoms with Gasteiger partial charge >= 0.3 is 5.97 Å². The van der Waals surface area contributed by atoms with Crippen molar-refractivity contribution in [3.63, 3.8) is 0 Å². The van der Waals surface area contributed by atoms with Crippen LogP contribution >= 0.6 is 0 Å². The van der Waals surface area contributed by atoms with Crippen LogP contribution in [0.15, 0.2) is 0 Å². The number of rotatable bonds is 19. The van der Waals surface area contributed by atoms with Crippen LogP contribution in [0.2, 0.25) is 0 Å². The smallest absolute Gasteiger partial charge is 0.309 e. The Morgan fingerprint density at radius 1 is 0.657 bits per heavy atom. The maximum Gasteiger partial charge on any atom is 0.309 e. The molecular formula is C31H58O4. The van der Waals surface area contributed by atoms with Crippen LogP contribution in [0.5, 0.6) is 0 Å². The molecule has 2 rings (SSSR count). The maximum absolute atomic E-state index is 12.7. The Morgan fingerprint density at radius 2 is 1.17 bits per heavy atom. The van der Waals surface area contributed by atoms with E-state index in [4.69, 9.17) is 14.2 Å². The van der Waals surface area contributed by atoms with Gasteiger partial charge < -0.3 is 14.2 Å². The molecule has 0 amide bonds.